The number of amides is 1. The number of aromatic nitrogens is 2. The monoisotopic (exact) mass is 409 g/mol. The summed E-state index contributed by atoms with van der Waals surface area (Å²) in [4.78, 5) is 26.7. The van der Waals surface area contributed by atoms with Crippen molar-refractivity contribution in [3.8, 4) is 5.75 Å². The summed E-state index contributed by atoms with van der Waals surface area (Å²) in [6.07, 6.45) is 1.45. The van der Waals surface area contributed by atoms with Gasteiger partial charge in [-0.2, -0.15) is 0 Å². The highest BCUT2D eigenvalue weighted by molar-refractivity contribution is 7.99. The van der Waals surface area contributed by atoms with Crippen molar-refractivity contribution >= 4 is 34.4 Å². The second kappa shape index (κ2) is 7.56. The number of fused-ring (bicyclic) bond motifs is 1. The van der Waals surface area contributed by atoms with Crippen LogP contribution in [0.15, 0.2) is 73.8 Å². The van der Waals surface area contributed by atoms with E-state index >= 15 is 0 Å². The van der Waals surface area contributed by atoms with Crippen LogP contribution in [0.25, 0.3) is 11.0 Å². The summed E-state index contributed by atoms with van der Waals surface area (Å²) in [5.74, 6) is 0.626. The smallest absolute Gasteiger partial charge is 0.328 e. The largest absolute Gasteiger partial charge is 0.497 e. The van der Waals surface area contributed by atoms with Gasteiger partial charge in [-0.05, 0) is 48.5 Å². The van der Waals surface area contributed by atoms with E-state index in [0.717, 1.165) is 26.6 Å². The summed E-state index contributed by atoms with van der Waals surface area (Å²) in [5.41, 5.74) is 1.98. The third kappa shape index (κ3) is 3.54. The first-order valence-electron chi connectivity index (χ1n) is 8.84. The molecule has 4 aromatic rings. The number of aryl methyl sites for hydroxylation is 2. The lowest BCUT2D eigenvalue weighted by atomic mass is 10.2. The van der Waals surface area contributed by atoms with Gasteiger partial charge in [0.2, 0.25) is 0 Å². The first-order chi connectivity index (χ1) is 14.0. The molecule has 2 aromatic heterocycles. The number of anilines is 1. The van der Waals surface area contributed by atoms with Crippen LogP contribution in [-0.4, -0.2) is 22.2 Å². The van der Waals surface area contributed by atoms with Gasteiger partial charge in [0, 0.05) is 23.9 Å². The maximum absolute atomic E-state index is 12.6. The zero-order chi connectivity index (χ0) is 20.5. The van der Waals surface area contributed by atoms with Crippen LogP contribution in [0.4, 0.5) is 5.69 Å². The molecule has 0 saturated carbocycles. The van der Waals surface area contributed by atoms with E-state index in [1.165, 1.54) is 18.0 Å². The van der Waals surface area contributed by atoms with Gasteiger partial charge in [-0.1, -0.05) is 11.8 Å². The summed E-state index contributed by atoms with van der Waals surface area (Å²) < 4.78 is 13.5. The van der Waals surface area contributed by atoms with E-state index in [0.29, 0.717) is 5.69 Å². The fourth-order valence-electron chi connectivity index (χ4n) is 3.07. The predicted octanol–water partition coefficient (Wildman–Crippen LogP) is 3.88. The molecule has 0 aliphatic heterocycles. The lowest BCUT2D eigenvalue weighted by Gasteiger charge is -2.12. The Bertz CT molecular complexity index is 1240. The number of benzene rings is 2. The van der Waals surface area contributed by atoms with Crippen molar-refractivity contribution in [2.24, 2.45) is 14.1 Å². The van der Waals surface area contributed by atoms with E-state index in [4.69, 9.17) is 9.15 Å². The molecule has 8 heteroatoms. The number of ether oxygens (including phenoxy) is 1. The normalized spacial score (nSPS) is 11.0. The van der Waals surface area contributed by atoms with E-state index in [1.54, 1.807) is 42.5 Å². The number of hydrogen-bond acceptors (Lipinski definition) is 5. The molecule has 0 fully saturated rings. The Balaban J connectivity index is 1.79. The van der Waals surface area contributed by atoms with Crippen molar-refractivity contribution in [2.75, 3.05) is 12.4 Å². The Hall–Kier alpha value is -3.39. The molecule has 0 spiro atoms. The Kier molecular flexibility index (Phi) is 4.94. The minimum Gasteiger partial charge on any atom is -0.497 e. The van der Waals surface area contributed by atoms with Gasteiger partial charge in [-0.15, -0.1) is 0 Å². The van der Waals surface area contributed by atoms with E-state index in [1.807, 2.05) is 36.4 Å². The number of furan rings is 1. The first kappa shape index (κ1) is 18.9. The molecule has 0 unspecified atom stereocenters. The average Bonchev–Trinajstić information content (AvgIpc) is 3.34. The zero-order valence-corrected chi connectivity index (χ0v) is 16.9. The number of carbonyl (C=O) groups is 1. The molecule has 2 aromatic carbocycles. The third-order valence-electron chi connectivity index (χ3n) is 4.65. The summed E-state index contributed by atoms with van der Waals surface area (Å²) in [7, 11) is 5.06. The van der Waals surface area contributed by atoms with E-state index in [-0.39, 0.29) is 17.4 Å². The molecular weight excluding hydrogens is 390 g/mol. The van der Waals surface area contributed by atoms with Crippen LogP contribution < -0.4 is 15.7 Å². The van der Waals surface area contributed by atoms with Gasteiger partial charge in [0.05, 0.1) is 30.1 Å². The van der Waals surface area contributed by atoms with Crippen LogP contribution in [0.1, 0.15) is 10.6 Å². The predicted molar refractivity (Wildman–Crippen MR) is 112 cm³/mol. The van der Waals surface area contributed by atoms with Gasteiger partial charge in [-0.3, -0.25) is 13.9 Å². The van der Waals surface area contributed by atoms with Crippen molar-refractivity contribution in [3.63, 3.8) is 0 Å². The standard InChI is InChI=1S/C21H19N3O4S/c1-23-16-11-15(22-20(25)18-5-4-10-28-18)19(12-17(16)24(2)21(23)26)29-14-8-6-13(27-3)7-9-14/h4-12H,1-3H3,(H,22,25). The number of rotatable bonds is 5. The summed E-state index contributed by atoms with van der Waals surface area (Å²) >= 11 is 1.49. The Labute approximate surface area is 170 Å². The molecule has 4 rings (SSSR count). The maximum Gasteiger partial charge on any atom is 0.328 e. The SMILES string of the molecule is COc1ccc(Sc2cc3c(cc2NC(=O)c2ccco2)n(C)c(=O)n3C)cc1. The van der Waals surface area contributed by atoms with Gasteiger partial charge >= 0.3 is 5.69 Å². The van der Waals surface area contributed by atoms with Crippen molar-refractivity contribution in [1.82, 2.24) is 9.13 Å². The van der Waals surface area contributed by atoms with Crippen LogP contribution in [0.5, 0.6) is 5.75 Å². The first-order valence-corrected chi connectivity index (χ1v) is 9.66. The molecule has 148 valence electrons. The van der Waals surface area contributed by atoms with Crippen molar-refractivity contribution in [2.45, 2.75) is 9.79 Å². The van der Waals surface area contributed by atoms with Gasteiger partial charge in [-0.25, -0.2) is 4.79 Å². The number of hydrogen-bond donors (Lipinski definition) is 1. The van der Waals surface area contributed by atoms with E-state index in [9.17, 15) is 9.59 Å². The molecule has 0 atom stereocenters. The van der Waals surface area contributed by atoms with Crippen molar-refractivity contribution in [1.29, 1.82) is 0 Å². The number of methoxy groups -OCH3 is 1. The number of nitrogens with zero attached hydrogens (tertiary/aromatic N) is 2. The van der Waals surface area contributed by atoms with Crippen LogP contribution in [-0.2, 0) is 14.1 Å². The second-order valence-corrected chi connectivity index (χ2v) is 7.56. The van der Waals surface area contributed by atoms with Gasteiger partial charge in [0.25, 0.3) is 5.91 Å². The highest BCUT2D eigenvalue weighted by Crippen LogP contribution is 2.37. The molecule has 29 heavy (non-hydrogen) atoms. The highest BCUT2D eigenvalue weighted by atomic mass is 32.2. The molecule has 1 N–H and O–H groups in total. The van der Waals surface area contributed by atoms with Gasteiger partial charge < -0.3 is 14.5 Å². The number of nitrogens with one attached hydrogen (secondary N) is 1. The molecule has 1 amide bonds. The molecule has 7 nitrogen and oxygen atoms in total. The zero-order valence-electron chi connectivity index (χ0n) is 16.1. The van der Waals surface area contributed by atoms with Crippen LogP contribution in [0.2, 0.25) is 0 Å². The van der Waals surface area contributed by atoms with Crippen molar-refractivity contribution in [3.05, 3.63) is 71.0 Å². The Morgan fingerprint density at radius 1 is 1.07 bits per heavy atom. The minimum atomic E-state index is -0.355. The maximum atomic E-state index is 12.6. The fourth-order valence-corrected chi connectivity index (χ4v) is 3.99. The fraction of sp³-hybridized carbons (Fsp3) is 0.143. The summed E-state index contributed by atoms with van der Waals surface area (Å²) in [6.45, 7) is 0. The molecule has 0 aliphatic carbocycles. The minimum absolute atomic E-state index is 0.130. The molecular formula is C21H19N3O4S. The number of carbonyl (C=O) groups excluding carboxylic acids is 1. The topological polar surface area (TPSA) is 78.4 Å². The molecule has 2 heterocycles. The molecule has 0 aliphatic rings. The summed E-state index contributed by atoms with van der Waals surface area (Å²) in [6, 6.07) is 14.6. The quantitative estimate of drug-likeness (QED) is 0.541. The van der Waals surface area contributed by atoms with Gasteiger partial charge in [0.1, 0.15) is 5.75 Å². The summed E-state index contributed by atoms with van der Waals surface area (Å²) in [5, 5.41) is 2.90. The van der Waals surface area contributed by atoms with Crippen LogP contribution in [0.3, 0.4) is 0 Å². The molecule has 0 bridgehead atoms. The Morgan fingerprint density at radius 2 is 1.76 bits per heavy atom. The van der Waals surface area contributed by atoms with Gasteiger partial charge in [0.15, 0.2) is 5.76 Å². The van der Waals surface area contributed by atoms with Crippen LogP contribution in [0, 0.1) is 0 Å². The van der Waals surface area contributed by atoms with E-state index < -0.39 is 0 Å². The third-order valence-corrected chi connectivity index (χ3v) is 5.72. The van der Waals surface area contributed by atoms with Crippen molar-refractivity contribution < 1.29 is 13.9 Å². The molecule has 0 saturated heterocycles. The molecule has 0 radical (unpaired) electrons. The lowest BCUT2D eigenvalue weighted by Crippen LogP contribution is -2.19. The second-order valence-electron chi connectivity index (χ2n) is 6.45. The van der Waals surface area contributed by atoms with E-state index in [2.05, 4.69) is 5.32 Å². The average molecular weight is 409 g/mol. The Morgan fingerprint density at radius 3 is 2.38 bits per heavy atom. The lowest BCUT2D eigenvalue weighted by molar-refractivity contribution is 0.0996. The van der Waals surface area contributed by atoms with Crippen LogP contribution >= 0.6 is 11.8 Å². The number of imidazole rings is 1. The highest BCUT2D eigenvalue weighted by Gasteiger charge is 2.17.